The van der Waals surface area contributed by atoms with E-state index in [9.17, 15) is 4.79 Å². The van der Waals surface area contributed by atoms with E-state index in [4.69, 9.17) is 0 Å². The van der Waals surface area contributed by atoms with Gasteiger partial charge in [-0.15, -0.1) is 0 Å². The Morgan fingerprint density at radius 1 is 0.950 bits per heavy atom. The summed E-state index contributed by atoms with van der Waals surface area (Å²) < 4.78 is 0. The van der Waals surface area contributed by atoms with Crippen molar-refractivity contribution in [2.45, 2.75) is 24.8 Å². The van der Waals surface area contributed by atoms with Crippen LogP contribution in [-0.2, 0) is 11.2 Å². The third kappa shape index (κ3) is 1.68. The molecule has 2 nitrogen and oxygen atoms in total. The maximum Gasteiger partial charge on any atom is 0.223 e. The van der Waals surface area contributed by atoms with Gasteiger partial charge in [-0.3, -0.25) is 4.79 Å². The molecule has 0 bridgehead atoms. The summed E-state index contributed by atoms with van der Waals surface area (Å²) in [6.45, 7) is 0.865. The second-order valence-corrected chi connectivity index (χ2v) is 5.70. The lowest BCUT2D eigenvalue weighted by molar-refractivity contribution is -0.129. The Labute approximate surface area is 119 Å². The maximum atomic E-state index is 12.3. The molecular weight excluding hydrogens is 246 g/mol. The lowest BCUT2D eigenvalue weighted by Crippen LogP contribution is -2.35. The highest BCUT2D eigenvalue weighted by atomic mass is 16.2. The van der Waals surface area contributed by atoms with Crippen LogP contribution in [0.4, 0.5) is 0 Å². The van der Waals surface area contributed by atoms with E-state index in [1.165, 1.54) is 16.7 Å². The predicted molar refractivity (Wildman–Crippen MR) is 78.4 cm³/mol. The number of benzene rings is 2. The van der Waals surface area contributed by atoms with Crippen molar-refractivity contribution < 1.29 is 4.79 Å². The average Bonchev–Trinajstić information content (AvgIpc) is 2.86. The summed E-state index contributed by atoms with van der Waals surface area (Å²) in [7, 11) is 0. The minimum absolute atomic E-state index is 0.231. The Morgan fingerprint density at radius 3 is 2.55 bits per heavy atom. The molecule has 100 valence electrons. The summed E-state index contributed by atoms with van der Waals surface area (Å²) >= 11 is 0. The van der Waals surface area contributed by atoms with Crippen LogP contribution in [0.3, 0.4) is 0 Å². The third-order valence-corrected chi connectivity index (χ3v) is 4.66. The SMILES string of the molecule is O=C1C[C@H](c2ccccc2)[C@@H]2c3ccccc3CCN12. The molecule has 0 unspecified atom stereocenters. The van der Waals surface area contributed by atoms with E-state index in [0.717, 1.165) is 13.0 Å². The van der Waals surface area contributed by atoms with Crippen molar-refractivity contribution in [3.05, 3.63) is 71.3 Å². The standard InChI is InChI=1S/C18H17NO/c20-17-12-16(13-6-2-1-3-7-13)18-15-9-5-4-8-14(15)10-11-19(17)18/h1-9,16,18H,10-12H2/t16-,18+/m1/s1. The van der Waals surface area contributed by atoms with Crippen molar-refractivity contribution in [1.82, 2.24) is 4.90 Å². The van der Waals surface area contributed by atoms with E-state index in [1.807, 2.05) is 6.07 Å². The Balaban J connectivity index is 1.82. The monoisotopic (exact) mass is 263 g/mol. The molecule has 0 radical (unpaired) electrons. The van der Waals surface area contributed by atoms with Crippen molar-refractivity contribution in [1.29, 1.82) is 0 Å². The van der Waals surface area contributed by atoms with Crippen LogP contribution in [0.5, 0.6) is 0 Å². The van der Waals surface area contributed by atoms with Crippen molar-refractivity contribution in [2.75, 3.05) is 6.54 Å². The molecule has 1 fully saturated rings. The molecule has 2 aromatic rings. The Bertz CT molecular complexity index is 649. The van der Waals surface area contributed by atoms with Gasteiger partial charge in [0.05, 0.1) is 6.04 Å². The largest absolute Gasteiger partial charge is 0.335 e. The van der Waals surface area contributed by atoms with Gasteiger partial charge in [-0.1, -0.05) is 54.6 Å². The zero-order valence-electron chi connectivity index (χ0n) is 11.3. The lowest BCUT2D eigenvalue weighted by atomic mass is 9.83. The lowest BCUT2D eigenvalue weighted by Gasteiger charge is -2.34. The van der Waals surface area contributed by atoms with Crippen LogP contribution in [0.15, 0.2) is 54.6 Å². The molecule has 1 amide bonds. The van der Waals surface area contributed by atoms with Crippen molar-refractivity contribution in [3.8, 4) is 0 Å². The highest BCUT2D eigenvalue weighted by Crippen LogP contribution is 2.47. The van der Waals surface area contributed by atoms with Gasteiger partial charge in [-0.2, -0.15) is 0 Å². The topological polar surface area (TPSA) is 20.3 Å². The number of rotatable bonds is 1. The third-order valence-electron chi connectivity index (χ3n) is 4.66. The maximum absolute atomic E-state index is 12.3. The molecule has 2 aromatic carbocycles. The summed E-state index contributed by atoms with van der Waals surface area (Å²) in [5.41, 5.74) is 4.04. The van der Waals surface area contributed by atoms with Gasteiger partial charge in [0.2, 0.25) is 5.91 Å². The number of hydrogen-bond acceptors (Lipinski definition) is 1. The zero-order chi connectivity index (χ0) is 13.5. The number of nitrogens with zero attached hydrogens (tertiary/aromatic N) is 1. The number of fused-ring (bicyclic) bond motifs is 3. The van der Waals surface area contributed by atoms with E-state index in [1.54, 1.807) is 0 Å². The highest BCUT2D eigenvalue weighted by Gasteiger charge is 2.43. The Hall–Kier alpha value is -2.09. The molecular formula is C18H17NO. The molecule has 4 rings (SSSR count). The fourth-order valence-electron chi connectivity index (χ4n) is 3.73. The van der Waals surface area contributed by atoms with E-state index in [0.29, 0.717) is 18.2 Å². The average molecular weight is 263 g/mol. The molecule has 0 spiro atoms. The minimum Gasteiger partial charge on any atom is -0.335 e. The first-order chi connectivity index (χ1) is 9.84. The van der Waals surface area contributed by atoms with Crippen LogP contribution in [0, 0.1) is 0 Å². The smallest absolute Gasteiger partial charge is 0.223 e. The molecule has 0 aliphatic carbocycles. The normalized spacial score (nSPS) is 24.4. The molecule has 2 aliphatic heterocycles. The first-order valence-corrected chi connectivity index (χ1v) is 7.27. The van der Waals surface area contributed by atoms with Crippen LogP contribution >= 0.6 is 0 Å². The molecule has 2 heteroatoms. The molecule has 2 heterocycles. The fourth-order valence-corrected chi connectivity index (χ4v) is 3.73. The van der Waals surface area contributed by atoms with Gasteiger partial charge in [0.15, 0.2) is 0 Å². The van der Waals surface area contributed by atoms with E-state index < -0.39 is 0 Å². The number of carbonyl (C=O) groups excluding carboxylic acids is 1. The quantitative estimate of drug-likeness (QED) is 0.773. The predicted octanol–water partition coefficient (Wildman–Crippen LogP) is 3.30. The van der Waals surface area contributed by atoms with Gasteiger partial charge in [0, 0.05) is 18.9 Å². The van der Waals surface area contributed by atoms with Crippen LogP contribution in [0.25, 0.3) is 0 Å². The van der Waals surface area contributed by atoms with Crippen LogP contribution in [0.2, 0.25) is 0 Å². The first-order valence-electron chi connectivity index (χ1n) is 7.27. The molecule has 2 aliphatic rings. The van der Waals surface area contributed by atoms with Crippen LogP contribution < -0.4 is 0 Å². The van der Waals surface area contributed by atoms with E-state index >= 15 is 0 Å². The molecule has 1 saturated heterocycles. The first kappa shape index (κ1) is 11.7. The van der Waals surface area contributed by atoms with Gasteiger partial charge < -0.3 is 4.90 Å². The van der Waals surface area contributed by atoms with Crippen LogP contribution in [0.1, 0.15) is 35.1 Å². The van der Waals surface area contributed by atoms with Gasteiger partial charge in [0.25, 0.3) is 0 Å². The zero-order valence-corrected chi connectivity index (χ0v) is 11.3. The van der Waals surface area contributed by atoms with Crippen molar-refractivity contribution in [2.24, 2.45) is 0 Å². The number of hydrogen-bond donors (Lipinski definition) is 0. The summed E-state index contributed by atoms with van der Waals surface area (Å²) in [5.74, 6) is 0.600. The van der Waals surface area contributed by atoms with Crippen molar-refractivity contribution >= 4 is 5.91 Å². The number of amides is 1. The van der Waals surface area contributed by atoms with Gasteiger partial charge in [-0.25, -0.2) is 0 Å². The minimum atomic E-state index is 0.231. The van der Waals surface area contributed by atoms with E-state index in [2.05, 4.69) is 53.4 Å². The van der Waals surface area contributed by atoms with Crippen LogP contribution in [-0.4, -0.2) is 17.4 Å². The second kappa shape index (κ2) is 4.48. The summed E-state index contributed by atoms with van der Waals surface area (Å²) in [6.07, 6.45) is 1.63. The van der Waals surface area contributed by atoms with E-state index in [-0.39, 0.29) is 6.04 Å². The molecule has 0 saturated carbocycles. The molecule has 0 N–H and O–H groups in total. The van der Waals surface area contributed by atoms with Gasteiger partial charge in [0.1, 0.15) is 0 Å². The Morgan fingerprint density at radius 2 is 1.70 bits per heavy atom. The molecule has 0 aromatic heterocycles. The summed E-state index contributed by atoms with van der Waals surface area (Å²) in [5, 5.41) is 0. The molecule has 20 heavy (non-hydrogen) atoms. The Kier molecular flexibility index (Phi) is 2.62. The van der Waals surface area contributed by atoms with Gasteiger partial charge in [-0.05, 0) is 23.1 Å². The summed E-state index contributed by atoms with van der Waals surface area (Å²) in [6, 6.07) is 19.3. The summed E-state index contributed by atoms with van der Waals surface area (Å²) in [4.78, 5) is 14.4. The fraction of sp³-hybridized carbons (Fsp3) is 0.278. The van der Waals surface area contributed by atoms with Gasteiger partial charge >= 0.3 is 0 Å². The van der Waals surface area contributed by atoms with Crippen molar-refractivity contribution in [3.63, 3.8) is 0 Å². The molecule has 2 atom stereocenters. The highest BCUT2D eigenvalue weighted by molar-refractivity contribution is 5.81. The second-order valence-electron chi connectivity index (χ2n) is 5.70. The number of carbonyl (C=O) groups is 1.